The minimum Gasteiger partial charge on any atom is -0.494 e. The van der Waals surface area contributed by atoms with E-state index >= 15 is 0 Å². The molecule has 0 aromatic carbocycles. The molecule has 2 atom stereocenters. The smallest absolute Gasteiger partial charge is 0.320 e. The predicted octanol–water partition coefficient (Wildman–Crippen LogP) is -0.454. The Morgan fingerprint density at radius 2 is 2.06 bits per heavy atom. The summed E-state index contributed by atoms with van der Waals surface area (Å²) in [5.74, 6) is 0. The molecule has 3 aliphatic rings. The molecule has 18 heavy (non-hydrogen) atoms. The van der Waals surface area contributed by atoms with Gasteiger partial charge in [0.2, 0.25) is 0 Å². The molecule has 2 N–H and O–H groups in total. The maximum atomic E-state index is 12.4. The second-order valence-electron chi connectivity index (χ2n) is 5.00. The number of nitrogens with one attached hydrogen (secondary N) is 2. The van der Waals surface area contributed by atoms with Crippen LogP contribution in [0.3, 0.4) is 0 Å². The van der Waals surface area contributed by atoms with Crippen molar-refractivity contribution in [3.05, 3.63) is 12.5 Å². The molecule has 2 unspecified atom stereocenters. The van der Waals surface area contributed by atoms with E-state index in [4.69, 9.17) is 4.74 Å². The van der Waals surface area contributed by atoms with Crippen LogP contribution in [0.4, 0.5) is 4.79 Å². The number of likely N-dealkylation sites (tertiary alicyclic amines) is 1. The zero-order valence-electron chi connectivity index (χ0n) is 10.5. The summed E-state index contributed by atoms with van der Waals surface area (Å²) in [7, 11) is 0. The summed E-state index contributed by atoms with van der Waals surface area (Å²) < 4.78 is 5.55. The third kappa shape index (κ3) is 2.25. The van der Waals surface area contributed by atoms with E-state index in [1.165, 1.54) is 0 Å². The van der Waals surface area contributed by atoms with Gasteiger partial charge in [-0.3, -0.25) is 0 Å². The summed E-state index contributed by atoms with van der Waals surface area (Å²) in [6, 6.07) is 0.405. The van der Waals surface area contributed by atoms with Crippen molar-refractivity contribution >= 4 is 6.03 Å². The molecular formula is C12H20N4O2. The molecule has 3 rings (SSSR count). The first-order valence-corrected chi connectivity index (χ1v) is 6.66. The normalized spacial score (nSPS) is 31.3. The first-order chi connectivity index (χ1) is 8.84. The van der Waals surface area contributed by atoms with E-state index < -0.39 is 0 Å². The average molecular weight is 252 g/mol. The lowest BCUT2D eigenvalue weighted by Gasteiger charge is -2.42. The number of amides is 2. The van der Waals surface area contributed by atoms with E-state index in [0.717, 1.165) is 45.7 Å². The molecule has 6 heteroatoms. The highest BCUT2D eigenvalue weighted by atomic mass is 16.5. The second kappa shape index (κ2) is 5.06. The quantitative estimate of drug-likeness (QED) is 0.613. The van der Waals surface area contributed by atoms with Gasteiger partial charge in [0.25, 0.3) is 0 Å². The molecule has 100 valence electrons. The maximum Gasteiger partial charge on any atom is 0.320 e. The van der Waals surface area contributed by atoms with Crippen LogP contribution in [0.5, 0.6) is 0 Å². The fourth-order valence-electron chi connectivity index (χ4n) is 2.79. The van der Waals surface area contributed by atoms with E-state index in [1.54, 1.807) is 6.26 Å². The number of piperazine rings is 1. The van der Waals surface area contributed by atoms with Crippen LogP contribution in [-0.4, -0.2) is 67.2 Å². The van der Waals surface area contributed by atoms with Crippen molar-refractivity contribution in [2.45, 2.75) is 18.6 Å². The Morgan fingerprint density at radius 1 is 1.22 bits per heavy atom. The summed E-state index contributed by atoms with van der Waals surface area (Å²) in [4.78, 5) is 16.3. The van der Waals surface area contributed by atoms with Crippen molar-refractivity contribution in [3.63, 3.8) is 0 Å². The van der Waals surface area contributed by atoms with Gasteiger partial charge in [0, 0.05) is 51.9 Å². The molecule has 2 fully saturated rings. The zero-order chi connectivity index (χ0) is 12.4. The molecule has 0 saturated carbocycles. The highest BCUT2D eigenvalue weighted by Gasteiger charge is 2.34. The Bertz CT molecular complexity index is 341. The number of rotatable bonds is 0. The topological polar surface area (TPSA) is 56.8 Å². The van der Waals surface area contributed by atoms with Gasteiger partial charge in [-0.2, -0.15) is 0 Å². The van der Waals surface area contributed by atoms with Crippen molar-refractivity contribution in [1.29, 1.82) is 0 Å². The third-order valence-corrected chi connectivity index (χ3v) is 3.84. The van der Waals surface area contributed by atoms with Gasteiger partial charge in [-0.25, -0.2) is 4.79 Å². The van der Waals surface area contributed by atoms with Gasteiger partial charge in [0.15, 0.2) is 0 Å². The molecule has 0 bridgehead atoms. The van der Waals surface area contributed by atoms with Crippen LogP contribution in [0.2, 0.25) is 0 Å². The molecule has 0 aliphatic carbocycles. The molecule has 2 saturated heterocycles. The summed E-state index contributed by atoms with van der Waals surface area (Å²) in [5.41, 5.74) is 0. The SMILES string of the molecule is O=C(N1CCNCC1)N1CCC2OC=CNC2C1. The first-order valence-electron chi connectivity index (χ1n) is 6.66. The molecule has 2 amide bonds. The van der Waals surface area contributed by atoms with Crippen LogP contribution < -0.4 is 10.6 Å². The third-order valence-electron chi connectivity index (χ3n) is 3.84. The number of ether oxygens (including phenoxy) is 1. The fraction of sp³-hybridized carbons (Fsp3) is 0.750. The summed E-state index contributed by atoms with van der Waals surface area (Å²) in [5, 5.41) is 6.54. The monoisotopic (exact) mass is 252 g/mol. The Morgan fingerprint density at radius 3 is 2.89 bits per heavy atom. The number of hydrogen-bond acceptors (Lipinski definition) is 4. The van der Waals surface area contributed by atoms with E-state index in [9.17, 15) is 4.79 Å². The largest absolute Gasteiger partial charge is 0.494 e. The number of hydrogen-bond donors (Lipinski definition) is 2. The molecule has 0 aromatic heterocycles. The van der Waals surface area contributed by atoms with Gasteiger partial charge < -0.3 is 25.2 Å². The number of piperidine rings is 1. The summed E-state index contributed by atoms with van der Waals surface area (Å²) >= 11 is 0. The molecule has 0 radical (unpaired) electrons. The summed E-state index contributed by atoms with van der Waals surface area (Å²) in [6.07, 6.45) is 4.64. The van der Waals surface area contributed by atoms with Crippen molar-refractivity contribution in [1.82, 2.24) is 20.4 Å². The standard InChI is InChI=1S/C12H20N4O2/c17-12(15-6-2-13-3-7-15)16-5-1-11-10(9-16)14-4-8-18-11/h4,8,10-11,13-14H,1-3,5-7,9H2. The molecular weight excluding hydrogens is 232 g/mol. The molecule has 3 heterocycles. The van der Waals surface area contributed by atoms with Crippen LogP contribution in [-0.2, 0) is 4.74 Å². The summed E-state index contributed by atoms with van der Waals surface area (Å²) in [6.45, 7) is 4.95. The van der Waals surface area contributed by atoms with Crippen LogP contribution in [0, 0.1) is 0 Å². The van der Waals surface area contributed by atoms with Crippen molar-refractivity contribution < 1.29 is 9.53 Å². The zero-order valence-corrected chi connectivity index (χ0v) is 10.5. The van der Waals surface area contributed by atoms with Gasteiger partial charge >= 0.3 is 6.03 Å². The van der Waals surface area contributed by atoms with Crippen LogP contribution in [0.15, 0.2) is 12.5 Å². The van der Waals surface area contributed by atoms with Gasteiger partial charge in [0.05, 0.1) is 12.3 Å². The minimum atomic E-state index is 0.173. The van der Waals surface area contributed by atoms with Crippen LogP contribution in [0.25, 0.3) is 0 Å². The van der Waals surface area contributed by atoms with Crippen LogP contribution >= 0.6 is 0 Å². The van der Waals surface area contributed by atoms with Crippen LogP contribution in [0.1, 0.15) is 6.42 Å². The van der Waals surface area contributed by atoms with Gasteiger partial charge in [-0.05, 0) is 0 Å². The Hall–Kier alpha value is -1.43. The van der Waals surface area contributed by atoms with E-state index in [1.807, 2.05) is 16.0 Å². The molecule has 0 aromatic rings. The van der Waals surface area contributed by atoms with Crippen molar-refractivity contribution in [3.8, 4) is 0 Å². The number of fused-ring (bicyclic) bond motifs is 1. The van der Waals surface area contributed by atoms with Gasteiger partial charge in [-0.1, -0.05) is 0 Å². The van der Waals surface area contributed by atoms with Crippen molar-refractivity contribution in [2.24, 2.45) is 0 Å². The molecule has 3 aliphatic heterocycles. The molecule has 6 nitrogen and oxygen atoms in total. The van der Waals surface area contributed by atoms with Gasteiger partial charge in [0.1, 0.15) is 6.10 Å². The number of carbonyl (C=O) groups excluding carboxylic acids is 1. The Balaban J connectivity index is 1.59. The predicted molar refractivity (Wildman–Crippen MR) is 67.0 cm³/mol. The first kappa shape index (κ1) is 11.6. The number of nitrogens with zero attached hydrogens (tertiary/aromatic N) is 2. The highest BCUT2D eigenvalue weighted by Crippen LogP contribution is 2.18. The van der Waals surface area contributed by atoms with E-state index in [2.05, 4.69) is 10.6 Å². The van der Waals surface area contributed by atoms with Gasteiger partial charge in [-0.15, -0.1) is 0 Å². The lowest BCUT2D eigenvalue weighted by molar-refractivity contribution is 0.0320. The average Bonchev–Trinajstić information content (AvgIpc) is 2.47. The number of urea groups is 1. The minimum absolute atomic E-state index is 0.173. The highest BCUT2D eigenvalue weighted by molar-refractivity contribution is 5.74. The van der Waals surface area contributed by atoms with E-state index in [-0.39, 0.29) is 18.2 Å². The maximum absolute atomic E-state index is 12.4. The number of carbonyl (C=O) groups is 1. The fourth-order valence-corrected chi connectivity index (χ4v) is 2.79. The lowest BCUT2D eigenvalue weighted by atomic mass is 10.0. The Kier molecular flexibility index (Phi) is 3.27. The second-order valence-corrected chi connectivity index (χ2v) is 5.00. The van der Waals surface area contributed by atoms with Crippen molar-refractivity contribution in [2.75, 3.05) is 39.3 Å². The molecule has 0 spiro atoms. The Labute approximate surface area is 107 Å². The lowest BCUT2D eigenvalue weighted by Crippen LogP contribution is -2.59. The van der Waals surface area contributed by atoms with E-state index in [0.29, 0.717) is 0 Å².